The van der Waals surface area contributed by atoms with E-state index in [2.05, 4.69) is 21.2 Å². The van der Waals surface area contributed by atoms with Gasteiger partial charge in [0.2, 0.25) is 0 Å². The first-order valence-electron chi connectivity index (χ1n) is 9.40. The van der Waals surface area contributed by atoms with Crippen LogP contribution in [0, 0.1) is 12.7 Å². The van der Waals surface area contributed by atoms with E-state index in [4.69, 9.17) is 32.7 Å². The van der Waals surface area contributed by atoms with E-state index in [1.54, 1.807) is 12.1 Å². The van der Waals surface area contributed by atoms with Crippen LogP contribution in [0.1, 0.15) is 23.6 Å². The third-order valence-electron chi connectivity index (χ3n) is 4.46. The number of benzene rings is 3. The van der Waals surface area contributed by atoms with Crippen LogP contribution in [-0.4, -0.2) is 6.61 Å². The van der Waals surface area contributed by atoms with Crippen LogP contribution in [-0.2, 0) is 13.2 Å². The SMILES string of the molecule is CCOc1cc(CNc2ccc(C)c(Cl)c2)cc(Br)c1OCc1c(F)cccc1Cl. The standard InChI is InChI=1S/C23H21BrCl2FNO2/c1-3-29-22-10-15(12-28-16-8-7-14(2)20(26)11-16)9-18(24)23(22)30-13-17-19(25)5-4-6-21(17)27/h4-11,28H,3,12-13H2,1-2H3. The second-order valence-electron chi connectivity index (χ2n) is 6.64. The molecule has 0 aliphatic rings. The summed E-state index contributed by atoms with van der Waals surface area (Å²) in [7, 11) is 0. The number of nitrogens with one attached hydrogen (secondary N) is 1. The lowest BCUT2D eigenvalue weighted by atomic mass is 10.1. The van der Waals surface area contributed by atoms with Crippen molar-refractivity contribution < 1.29 is 13.9 Å². The summed E-state index contributed by atoms with van der Waals surface area (Å²) in [4.78, 5) is 0. The summed E-state index contributed by atoms with van der Waals surface area (Å²) in [6, 6.07) is 14.2. The molecule has 0 saturated carbocycles. The lowest BCUT2D eigenvalue weighted by Crippen LogP contribution is -2.05. The molecule has 158 valence electrons. The van der Waals surface area contributed by atoms with Gasteiger partial charge < -0.3 is 14.8 Å². The van der Waals surface area contributed by atoms with Crippen molar-refractivity contribution in [1.82, 2.24) is 0 Å². The summed E-state index contributed by atoms with van der Waals surface area (Å²) in [6.45, 7) is 4.88. The Kier molecular flexibility index (Phi) is 7.87. The van der Waals surface area contributed by atoms with E-state index < -0.39 is 5.82 Å². The molecule has 7 heteroatoms. The molecule has 0 aromatic heterocycles. The van der Waals surface area contributed by atoms with Crippen LogP contribution < -0.4 is 14.8 Å². The van der Waals surface area contributed by atoms with Gasteiger partial charge in [-0.2, -0.15) is 0 Å². The van der Waals surface area contributed by atoms with Gasteiger partial charge in [-0.15, -0.1) is 0 Å². The summed E-state index contributed by atoms with van der Waals surface area (Å²) in [5, 5.41) is 4.38. The topological polar surface area (TPSA) is 30.5 Å². The van der Waals surface area contributed by atoms with Crippen molar-refractivity contribution in [2.24, 2.45) is 0 Å². The van der Waals surface area contributed by atoms with Crippen molar-refractivity contribution in [2.45, 2.75) is 27.0 Å². The predicted octanol–water partition coefficient (Wildman–Crippen LogP) is 7.79. The fourth-order valence-electron chi connectivity index (χ4n) is 2.85. The number of hydrogen-bond donors (Lipinski definition) is 1. The molecule has 0 fully saturated rings. The Morgan fingerprint density at radius 3 is 2.53 bits per heavy atom. The molecule has 0 aliphatic carbocycles. The fourth-order valence-corrected chi connectivity index (χ4v) is 3.85. The highest BCUT2D eigenvalue weighted by Crippen LogP contribution is 2.38. The monoisotopic (exact) mass is 511 g/mol. The van der Waals surface area contributed by atoms with Gasteiger partial charge in [-0.05, 0) is 77.3 Å². The molecular formula is C23H21BrCl2FNO2. The highest BCUT2D eigenvalue weighted by molar-refractivity contribution is 9.10. The van der Waals surface area contributed by atoms with E-state index in [1.165, 1.54) is 6.07 Å². The molecule has 0 bridgehead atoms. The van der Waals surface area contributed by atoms with Crippen LogP contribution in [0.5, 0.6) is 11.5 Å². The minimum Gasteiger partial charge on any atom is -0.490 e. The van der Waals surface area contributed by atoms with E-state index in [1.807, 2.05) is 44.2 Å². The number of ether oxygens (including phenoxy) is 2. The van der Waals surface area contributed by atoms with Crippen LogP contribution in [0.15, 0.2) is 53.0 Å². The van der Waals surface area contributed by atoms with Gasteiger partial charge in [0.15, 0.2) is 11.5 Å². The second kappa shape index (κ2) is 10.4. The van der Waals surface area contributed by atoms with Crippen LogP contribution in [0.3, 0.4) is 0 Å². The molecular weight excluding hydrogens is 492 g/mol. The zero-order chi connectivity index (χ0) is 21.7. The summed E-state index contributed by atoms with van der Waals surface area (Å²) in [5.74, 6) is 0.658. The van der Waals surface area contributed by atoms with E-state index >= 15 is 0 Å². The quantitative estimate of drug-likeness (QED) is 0.334. The van der Waals surface area contributed by atoms with Gasteiger partial charge in [-0.25, -0.2) is 4.39 Å². The molecule has 30 heavy (non-hydrogen) atoms. The first-order chi connectivity index (χ1) is 14.4. The van der Waals surface area contributed by atoms with Crippen molar-refractivity contribution in [2.75, 3.05) is 11.9 Å². The molecule has 0 heterocycles. The van der Waals surface area contributed by atoms with Gasteiger partial charge in [0.1, 0.15) is 12.4 Å². The summed E-state index contributed by atoms with van der Waals surface area (Å²) >= 11 is 15.8. The van der Waals surface area contributed by atoms with Crippen molar-refractivity contribution in [3.63, 3.8) is 0 Å². The maximum Gasteiger partial charge on any atom is 0.175 e. The normalized spacial score (nSPS) is 10.7. The molecule has 1 N–H and O–H groups in total. The van der Waals surface area contributed by atoms with Crippen LogP contribution >= 0.6 is 39.1 Å². The highest BCUT2D eigenvalue weighted by Gasteiger charge is 2.15. The molecule has 3 aromatic rings. The van der Waals surface area contributed by atoms with Crippen LogP contribution in [0.25, 0.3) is 0 Å². The molecule has 3 aromatic carbocycles. The Balaban J connectivity index is 1.78. The molecule has 3 rings (SSSR count). The van der Waals surface area contributed by atoms with Gasteiger partial charge in [-0.1, -0.05) is 35.3 Å². The van der Waals surface area contributed by atoms with E-state index in [0.29, 0.717) is 44.7 Å². The lowest BCUT2D eigenvalue weighted by Gasteiger charge is -2.17. The minimum atomic E-state index is -0.408. The predicted molar refractivity (Wildman–Crippen MR) is 125 cm³/mol. The lowest BCUT2D eigenvalue weighted by molar-refractivity contribution is 0.264. The summed E-state index contributed by atoms with van der Waals surface area (Å²) < 4.78 is 26.4. The number of aryl methyl sites for hydroxylation is 1. The number of rotatable bonds is 8. The van der Waals surface area contributed by atoms with Gasteiger partial charge >= 0.3 is 0 Å². The molecule has 0 radical (unpaired) electrons. The Morgan fingerprint density at radius 2 is 1.83 bits per heavy atom. The molecule has 0 atom stereocenters. The van der Waals surface area contributed by atoms with Crippen molar-refractivity contribution >= 4 is 44.8 Å². The molecule has 0 unspecified atom stereocenters. The average molecular weight is 513 g/mol. The smallest absolute Gasteiger partial charge is 0.175 e. The molecule has 0 aliphatic heterocycles. The Morgan fingerprint density at radius 1 is 1.03 bits per heavy atom. The van der Waals surface area contributed by atoms with Crippen molar-refractivity contribution in [3.8, 4) is 11.5 Å². The zero-order valence-electron chi connectivity index (χ0n) is 16.6. The number of hydrogen-bond acceptors (Lipinski definition) is 3. The third-order valence-corrected chi connectivity index (χ3v) is 5.81. The van der Waals surface area contributed by atoms with Crippen molar-refractivity contribution in [3.05, 3.63) is 85.6 Å². The second-order valence-corrected chi connectivity index (χ2v) is 8.31. The van der Waals surface area contributed by atoms with Gasteiger partial charge in [0.05, 0.1) is 16.1 Å². The van der Waals surface area contributed by atoms with Crippen LogP contribution in [0.2, 0.25) is 10.0 Å². The average Bonchev–Trinajstić information content (AvgIpc) is 2.70. The number of halogens is 4. The first kappa shape index (κ1) is 22.7. The van der Waals surface area contributed by atoms with E-state index in [0.717, 1.165) is 16.8 Å². The molecule has 3 nitrogen and oxygen atoms in total. The van der Waals surface area contributed by atoms with Gasteiger partial charge in [0, 0.05) is 22.8 Å². The van der Waals surface area contributed by atoms with E-state index in [9.17, 15) is 4.39 Å². The molecule has 0 amide bonds. The number of anilines is 1. The maximum absolute atomic E-state index is 14.1. The fraction of sp³-hybridized carbons (Fsp3) is 0.217. The Bertz CT molecular complexity index is 1030. The minimum absolute atomic E-state index is 0.0103. The largest absolute Gasteiger partial charge is 0.490 e. The molecule has 0 saturated heterocycles. The Labute approximate surface area is 194 Å². The Hall–Kier alpha value is -1.95. The molecule has 0 spiro atoms. The maximum atomic E-state index is 14.1. The summed E-state index contributed by atoms with van der Waals surface area (Å²) in [5.41, 5.74) is 3.24. The highest BCUT2D eigenvalue weighted by atomic mass is 79.9. The zero-order valence-corrected chi connectivity index (χ0v) is 19.7. The van der Waals surface area contributed by atoms with E-state index in [-0.39, 0.29) is 6.61 Å². The van der Waals surface area contributed by atoms with Crippen molar-refractivity contribution in [1.29, 1.82) is 0 Å². The van der Waals surface area contributed by atoms with Gasteiger partial charge in [0.25, 0.3) is 0 Å². The van der Waals surface area contributed by atoms with Gasteiger partial charge in [-0.3, -0.25) is 0 Å². The third kappa shape index (κ3) is 5.60. The summed E-state index contributed by atoms with van der Waals surface area (Å²) in [6.07, 6.45) is 0. The van der Waals surface area contributed by atoms with Crippen LogP contribution in [0.4, 0.5) is 10.1 Å². The first-order valence-corrected chi connectivity index (χ1v) is 10.9.